The molecular weight excluding hydrogens is 436 g/mol. The van der Waals surface area contributed by atoms with Crippen molar-refractivity contribution in [1.29, 1.82) is 0 Å². The molecule has 2 saturated heterocycles. The summed E-state index contributed by atoms with van der Waals surface area (Å²) in [6.07, 6.45) is 0.516. The molecule has 3 aromatic carbocycles. The number of carbonyl (C=O) groups excluding carboxylic acids is 2. The van der Waals surface area contributed by atoms with Gasteiger partial charge in [-0.05, 0) is 23.1 Å². The number of imide groups is 1. The lowest BCUT2D eigenvalue weighted by Crippen LogP contribution is -2.52. The average Bonchev–Trinajstić information content (AvgIpc) is 3.17. The SMILES string of the molecule is CC[C@@]1(c2ccccc2)NC(=O)N(CN2CCN(C(c3ccccc3)c3ccccc3)CC2)C1=O. The van der Waals surface area contributed by atoms with E-state index in [2.05, 4.69) is 63.6 Å². The molecule has 0 spiro atoms. The number of hydrogen-bond acceptors (Lipinski definition) is 4. The molecule has 1 N–H and O–H groups in total. The first-order valence-electron chi connectivity index (χ1n) is 12.4. The summed E-state index contributed by atoms with van der Waals surface area (Å²) in [5.41, 5.74) is 2.40. The zero-order valence-corrected chi connectivity index (χ0v) is 20.1. The molecule has 180 valence electrons. The lowest BCUT2D eigenvalue weighted by atomic mass is 9.87. The van der Waals surface area contributed by atoms with Crippen LogP contribution in [0.2, 0.25) is 0 Å². The van der Waals surface area contributed by atoms with Crippen molar-refractivity contribution >= 4 is 11.9 Å². The fourth-order valence-electron chi connectivity index (χ4n) is 5.36. The Balaban J connectivity index is 1.28. The van der Waals surface area contributed by atoms with Gasteiger partial charge >= 0.3 is 6.03 Å². The number of rotatable bonds is 7. The smallest absolute Gasteiger partial charge is 0.319 e. The van der Waals surface area contributed by atoms with E-state index < -0.39 is 5.54 Å². The van der Waals surface area contributed by atoms with Crippen LogP contribution < -0.4 is 5.32 Å². The monoisotopic (exact) mass is 468 g/mol. The number of urea groups is 1. The molecule has 2 fully saturated rings. The van der Waals surface area contributed by atoms with Crippen molar-refractivity contribution in [3.63, 3.8) is 0 Å². The van der Waals surface area contributed by atoms with Gasteiger partial charge in [-0.1, -0.05) is 97.9 Å². The summed E-state index contributed by atoms with van der Waals surface area (Å²) in [4.78, 5) is 32.5. The minimum Gasteiger partial charge on any atom is -0.319 e. The molecule has 2 aliphatic rings. The van der Waals surface area contributed by atoms with Gasteiger partial charge in [0.2, 0.25) is 0 Å². The maximum absolute atomic E-state index is 13.5. The standard InChI is InChI=1S/C29H32N4O2/c1-2-29(25-16-10-5-11-17-25)27(34)33(28(35)30-29)22-31-18-20-32(21-19-31)26(23-12-6-3-7-13-23)24-14-8-4-9-15-24/h3-17,26H,2,18-22H2,1H3,(H,30,35)/t29-/m0/s1. The van der Waals surface area contributed by atoms with Crippen LogP contribution in [0.4, 0.5) is 4.79 Å². The second kappa shape index (κ2) is 10.0. The zero-order valence-electron chi connectivity index (χ0n) is 20.1. The highest BCUT2D eigenvalue weighted by Crippen LogP contribution is 2.33. The zero-order chi connectivity index (χ0) is 24.3. The quantitative estimate of drug-likeness (QED) is 0.528. The molecule has 0 saturated carbocycles. The molecule has 2 aliphatic heterocycles. The molecule has 0 radical (unpaired) electrons. The van der Waals surface area contributed by atoms with E-state index in [-0.39, 0.29) is 18.0 Å². The maximum Gasteiger partial charge on any atom is 0.326 e. The van der Waals surface area contributed by atoms with E-state index in [1.54, 1.807) is 0 Å². The largest absolute Gasteiger partial charge is 0.326 e. The third kappa shape index (κ3) is 4.47. The first kappa shape index (κ1) is 23.3. The van der Waals surface area contributed by atoms with Crippen LogP contribution in [0.3, 0.4) is 0 Å². The van der Waals surface area contributed by atoms with Gasteiger partial charge in [0, 0.05) is 26.2 Å². The van der Waals surface area contributed by atoms with Crippen molar-refractivity contribution < 1.29 is 9.59 Å². The molecular formula is C29H32N4O2. The number of carbonyl (C=O) groups is 2. The molecule has 0 bridgehead atoms. The van der Waals surface area contributed by atoms with Crippen molar-refractivity contribution in [2.45, 2.75) is 24.9 Å². The van der Waals surface area contributed by atoms with Crippen LogP contribution in [-0.2, 0) is 10.3 Å². The molecule has 3 amide bonds. The van der Waals surface area contributed by atoms with E-state index in [4.69, 9.17) is 0 Å². The summed E-state index contributed by atoms with van der Waals surface area (Å²) in [6.45, 7) is 5.55. The number of nitrogens with one attached hydrogen (secondary N) is 1. The van der Waals surface area contributed by atoms with Gasteiger partial charge in [-0.2, -0.15) is 0 Å². The maximum atomic E-state index is 13.5. The second-order valence-electron chi connectivity index (χ2n) is 9.31. The van der Waals surface area contributed by atoms with Gasteiger partial charge in [-0.3, -0.25) is 14.6 Å². The Morgan fingerprint density at radius 3 is 1.80 bits per heavy atom. The van der Waals surface area contributed by atoms with E-state index in [0.29, 0.717) is 13.1 Å². The highest BCUT2D eigenvalue weighted by molar-refractivity contribution is 6.07. The van der Waals surface area contributed by atoms with E-state index >= 15 is 0 Å². The Morgan fingerprint density at radius 1 is 0.771 bits per heavy atom. The van der Waals surface area contributed by atoms with Crippen molar-refractivity contribution in [3.8, 4) is 0 Å². The van der Waals surface area contributed by atoms with Crippen LogP contribution >= 0.6 is 0 Å². The molecule has 6 heteroatoms. The van der Waals surface area contributed by atoms with Crippen LogP contribution in [0.25, 0.3) is 0 Å². The number of amides is 3. The van der Waals surface area contributed by atoms with Crippen LogP contribution in [0.5, 0.6) is 0 Å². The molecule has 0 aliphatic carbocycles. The van der Waals surface area contributed by atoms with Crippen molar-refractivity contribution in [1.82, 2.24) is 20.0 Å². The van der Waals surface area contributed by atoms with Crippen LogP contribution in [-0.4, -0.2) is 59.5 Å². The second-order valence-corrected chi connectivity index (χ2v) is 9.31. The molecule has 6 nitrogen and oxygen atoms in total. The lowest BCUT2D eigenvalue weighted by molar-refractivity contribution is -0.133. The Labute approximate surface area is 207 Å². The Hall–Kier alpha value is -3.48. The summed E-state index contributed by atoms with van der Waals surface area (Å²) in [5.74, 6) is -0.162. The minimum absolute atomic E-state index is 0.162. The van der Waals surface area contributed by atoms with Crippen LogP contribution in [0, 0.1) is 0 Å². The van der Waals surface area contributed by atoms with E-state index in [1.165, 1.54) is 16.0 Å². The minimum atomic E-state index is -0.980. The molecule has 1 atom stereocenters. The Bertz CT molecular complexity index is 1110. The average molecular weight is 469 g/mol. The molecule has 3 aromatic rings. The predicted molar refractivity (Wildman–Crippen MR) is 137 cm³/mol. The fraction of sp³-hybridized carbons (Fsp3) is 0.310. The van der Waals surface area contributed by atoms with Crippen LogP contribution in [0.1, 0.15) is 36.1 Å². The summed E-state index contributed by atoms with van der Waals surface area (Å²) >= 11 is 0. The number of hydrogen-bond donors (Lipinski definition) is 1. The molecule has 0 unspecified atom stereocenters. The van der Waals surface area contributed by atoms with Gasteiger partial charge in [0.1, 0.15) is 5.54 Å². The normalized spacial score (nSPS) is 21.5. The predicted octanol–water partition coefficient (Wildman–Crippen LogP) is 4.21. The van der Waals surface area contributed by atoms with Gasteiger partial charge < -0.3 is 5.32 Å². The molecule has 5 rings (SSSR count). The molecule has 2 heterocycles. The number of nitrogens with zero attached hydrogens (tertiary/aromatic N) is 3. The summed E-state index contributed by atoms with van der Waals surface area (Å²) < 4.78 is 0. The summed E-state index contributed by atoms with van der Waals surface area (Å²) in [6, 6.07) is 30.6. The van der Waals surface area contributed by atoms with Gasteiger partial charge in [0.15, 0.2) is 0 Å². The van der Waals surface area contributed by atoms with Crippen LogP contribution in [0.15, 0.2) is 91.0 Å². The first-order valence-corrected chi connectivity index (χ1v) is 12.4. The summed E-state index contributed by atoms with van der Waals surface area (Å²) in [5, 5.41) is 2.99. The van der Waals surface area contributed by atoms with E-state index in [1.807, 2.05) is 49.4 Å². The van der Waals surface area contributed by atoms with E-state index in [0.717, 1.165) is 31.7 Å². The molecule has 35 heavy (non-hydrogen) atoms. The van der Waals surface area contributed by atoms with Gasteiger partial charge in [-0.25, -0.2) is 9.69 Å². The lowest BCUT2D eigenvalue weighted by Gasteiger charge is -2.40. The fourth-order valence-corrected chi connectivity index (χ4v) is 5.36. The van der Waals surface area contributed by atoms with Gasteiger partial charge in [0.05, 0.1) is 12.7 Å². The Kier molecular flexibility index (Phi) is 6.66. The van der Waals surface area contributed by atoms with E-state index in [9.17, 15) is 9.59 Å². The highest BCUT2D eigenvalue weighted by Gasteiger charge is 2.51. The third-order valence-corrected chi connectivity index (χ3v) is 7.32. The summed E-state index contributed by atoms with van der Waals surface area (Å²) in [7, 11) is 0. The third-order valence-electron chi connectivity index (χ3n) is 7.32. The highest BCUT2D eigenvalue weighted by atomic mass is 16.2. The number of benzene rings is 3. The number of piperazine rings is 1. The topological polar surface area (TPSA) is 55.9 Å². The Morgan fingerprint density at radius 2 is 1.29 bits per heavy atom. The van der Waals surface area contributed by atoms with Gasteiger partial charge in [-0.15, -0.1) is 0 Å². The van der Waals surface area contributed by atoms with Crippen molar-refractivity contribution in [2.75, 3.05) is 32.8 Å². The molecule has 0 aromatic heterocycles. The first-order chi connectivity index (χ1) is 17.1. The van der Waals surface area contributed by atoms with Crippen molar-refractivity contribution in [2.24, 2.45) is 0 Å². The van der Waals surface area contributed by atoms with Gasteiger partial charge in [0.25, 0.3) is 5.91 Å². The van der Waals surface area contributed by atoms with Crippen molar-refractivity contribution in [3.05, 3.63) is 108 Å².